The molecule has 2 aromatic rings. The first-order valence-corrected chi connectivity index (χ1v) is 6.15. The van der Waals surface area contributed by atoms with Crippen LogP contribution in [0.5, 0.6) is 0 Å². The third-order valence-corrected chi connectivity index (χ3v) is 3.06. The van der Waals surface area contributed by atoms with Gasteiger partial charge in [-0.05, 0) is 31.4 Å². The van der Waals surface area contributed by atoms with Gasteiger partial charge < -0.3 is 5.11 Å². The van der Waals surface area contributed by atoms with Crippen molar-refractivity contribution >= 4 is 0 Å². The van der Waals surface area contributed by atoms with E-state index in [1.807, 2.05) is 37.3 Å². The summed E-state index contributed by atoms with van der Waals surface area (Å²) in [5.74, 6) is -0.332. The number of halogens is 1. The number of rotatable bonds is 4. The van der Waals surface area contributed by atoms with Gasteiger partial charge in [0.15, 0.2) is 0 Å². The maximum Gasteiger partial charge on any atom is 0.129 e. The summed E-state index contributed by atoms with van der Waals surface area (Å²) in [5, 5.41) is 10.0. The minimum absolute atomic E-state index is 0.332. The Kier molecular flexibility index (Phi) is 4.11. The molecule has 1 atom stereocenters. The molecule has 0 aliphatic carbocycles. The van der Waals surface area contributed by atoms with Crippen molar-refractivity contribution in [3.8, 4) is 0 Å². The van der Waals surface area contributed by atoms with E-state index in [1.165, 1.54) is 6.07 Å². The average molecular weight is 244 g/mol. The van der Waals surface area contributed by atoms with Gasteiger partial charge in [-0.25, -0.2) is 4.39 Å². The molecular weight excluding hydrogens is 227 g/mol. The Labute approximate surface area is 107 Å². The molecule has 94 valence electrons. The largest absolute Gasteiger partial charge is 0.388 e. The first-order chi connectivity index (χ1) is 8.66. The first kappa shape index (κ1) is 12.8. The maximum absolute atomic E-state index is 13.6. The molecule has 0 saturated heterocycles. The zero-order valence-corrected chi connectivity index (χ0v) is 10.4. The lowest BCUT2D eigenvalue weighted by Crippen LogP contribution is -2.03. The van der Waals surface area contributed by atoms with E-state index in [2.05, 4.69) is 0 Å². The highest BCUT2D eigenvalue weighted by Gasteiger charge is 2.12. The molecule has 0 spiro atoms. The van der Waals surface area contributed by atoms with Crippen LogP contribution >= 0.6 is 0 Å². The number of aliphatic hydroxyl groups is 1. The lowest BCUT2D eigenvalue weighted by molar-refractivity contribution is 0.163. The van der Waals surface area contributed by atoms with E-state index in [-0.39, 0.29) is 5.82 Å². The molecule has 2 aromatic carbocycles. The molecular formula is C16H17FO. The summed E-state index contributed by atoms with van der Waals surface area (Å²) >= 11 is 0. The summed E-state index contributed by atoms with van der Waals surface area (Å²) in [7, 11) is 0. The fourth-order valence-corrected chi connectivity index (χ4v) is 2.02. The second-order valence-electron chi connectivity index (χ2n) is 4.57. The molecule has 0 aliphatic heterocycles. The highest BCUT2D eigenvalue weighted by Crippen LogP contribution is 2.22. The van der Waals surface area contributed by atoms with Crippen LogP contribution in [0.3, 0.4) is 0 Å². The lowest BCUT2D eigenvalue weighted by Gasteiger charge is -2.12. The van der Waals surface area contributed by atoms with Gasteiger partial charge in [0.1, 0.15) is 5.82 Å². The Morgan fingerprint density at radius 2 is 1.83 bits per heavy atom. The molecule has 18 heavy (non-hydrogen) atoms. The first-order valence-electron chi connectivity index (χ1n) is 6.15. The number of aliphatic hydroxyl groups excluding tert-OH is 1. The summed E-state index contributed by atoms with van der Waals surface area (Å²) in [4.78, 5) is 0. The van der Waals surface area contributed by atoms with Crippen LogP contribution in [-0.4, -0.2) is 5.11 Å². The number of aryl methyl sites for hydroxylation is 2. The van der Waals surface area contributed by atoms with Crippen LogP contribution in [0, 0.1) is 12.7 Å². The van der Waals surface area contributed by atoms with Gasteiger partial charge in [-0.1, -0.05) is 48.0 Å². The fourth-order valence-electron chi connectivity index (χ4n) is 2.02. The standard InChI is InChI=1S/C16H17FO/c1-12-7-9-15(17)14(11-12)16(18)10-8-13-5-3-2-4-6-13/h2-7,9,11,16,18H,8,10H2,1H3. The van der Waals surface area contributed by atoms with Crippen LogP contribution < -0.4 is 0 Å². The molecule has 0 fully saturated rings. The molecule has 0 radical (unpaired) electrons. The SMILES string of the molecule is Cc1ccc(F)c(C(O)CCc2ccccc2)c1. The molecule has 1 nitrogen and oxygen atoms in total. The van der Waals surface area contributed by atoms with Crippen molar-refractivity contribution in [1.82, 2.24) is 0 Å². The van der Waals surface area contributed by atoms with E-state index >= 15 is 0 Å². The Morgan fingerprint density at radius 1 is 1.11 bits per heavy atom. The van der Waals surface area contributed by atoms with Crippen molar-refractivity contribution < 1.29 is 9.50 Å². The number of hydrogen-bond donors (Lipinski definition) is 1. The van der Waals surface area contributed by atoms with E-state index in [9.17, 15) is 9.50 Å². The average Bonchev–Trinajstić information content (AvgIpc) is 2.40. The Balaban J connectivity index is 2.03. The molecule has 0 heterocycles. The van der Waals surface area contributed by atoms with E-state index in [4.69, 9.17) is 0 Å². The highest BCUT2D eigenvalue weighted by atomic mass is 19.1. The van der Waals surface area contributed by atoms with Gasteiger partial charge in [0.05, 0.1) is 6.10 Å². The van der Waals surface area contributed by atoms with E-state index in [1.54, 1.807) is 12.1 Å². The monoisotopic (exact) mass is 244 g/mol. The van der Waals surface area contributed by atoms with Crippen LogP contribution in [0.25, 0.3) is 0 Å². The minimum atomic E-state index is -0.745. The highest BCUT2D eigenvalue weighted by molar-refractivity contribution is 5.26. The molecule has 0 bridgehead atoms. The summed E-state index contributed by atoms with van der Waals surface area (Å²) in [6, 6.07) is 14.8. The second kappa shape index (κ2) is 5.78. The molecule has 1 N–H and O–H groups in total. The molecule has 1 unspecified atom stereocenters. The van der Waals surface area contributed by atoms with Crippen LogP contribution in [0.15, 0.2) is 48.5 Å². The Morgan fingerprint density at radius 3 is 2.56 bits per heavy atom. The van der Waals surface area contributed by atoms with Crippen molar-refractivity contribution in [1.29, 1.82) is 0 Å². The van der Waals surface area contributed by atoms with Crippen molar-refractivity contribution in [2.75, 3.05) is 0 Å². The normalized spacial score (nSPS) is 12.4. The van der Waals surface area contributed by atoms with Crippen LogP contribution in [0.1, 0.15) is 29.2 Å². The van der Waals surface area contributed by atoms with Crippen molar-refractivity contribution in [3.63, 3.8) is 0 Å². The van der Waals surface area contributed by atoms with Gasteiger partial charge in [0.25, 0.3) is 0 Å². The topological polar surface area (TPSA) is 20.2 Å². The third-order valence-electron chi connectivity index (χ3n) is 3.06. The Bertz CT molecular complexity index is 508. The van der Waals surface area contributed by atoms with Crippen molar-refractivity contribution in [3.05, 3.63) is 71.0 Å². The molecule has 0 amide bonds. The molecule has 0 aliphatic rings. The van der Waals surface area contributed by atoms with Gasteiger partial charge in [-0.2, -0.15) is 0 Å². The number of benzene rings is 2. The fraction of sp³-hybridized carbons (Fsp3) is 0.250. The van der Waals surface area contributed by atoms with Gasteiger partial charge in [0.2, 0.25) is 0 Å². The zero-order valence-electron chi connectivity index (χ0n) is 10.4. The lowest BCUT2D eigenvalue weighted by atomic mass is 9.99. The zero-order chi connectivity index (χ0) is 13.0. The van der Waals surface area contributed by atoms with E-state index in [0.717, 1.165) is 17.5 Å². The maximum atomic E-state index is 13.6. The van der Waals surface area contributed by atoms with Crippen LogP contribution in [-0.2, 0) is 6.42 Å². The van der Waals surface area contributed by atoms with Gasteiger partial charge in [0, 0.05) is 5.56 Å². The third kappa shape index (κ3) is 3.17. The smallest absolute Gasteiger partial charge is 0.129 e. The predicted octanol–water partition coefficient (Wildman–Crippen LogP) is 3.80. The van der Waals surface area contributed by atoms with Gasteiger partial charge in [-0.15, -0.1) is 0 Å². The van der Waals surface area contributed by atoms with Crippen LogP contribution in [0.2, 0.25) is 0 Å². The number of hydrogen-bond acceptors (Lipinski definition) is 1. The second-order valence-corrected chi connectivity index (χ2v) is 4.57. The van der Waals surface area contributed by atoms with Crippen molar-refractivity contribution in [2.45, 2.75) is 25.9 Å². The quantitative estimate of drug-likeness (QED) is 0.867. The Hall–Kier alpha value is -1.67. The minimum Gasteiger partial charge on any atom is -0.388 e. The molecule has 2 heteroatoms. The summed E-state index contributed by atoms with van der Waals surface area (Å²) in [5.41, 5.74) is 2.51. The molecule has 0 aromatic heterocycles. The summed E-state index contributed by atoms with van der Waals surface area (Å²) < 4.78 is 13.6. The molecule has 2 rings (SSSR count). The molecule has 0 saturated carbocycles. The van der Waals surface area contributed by atoms with E-state index < -0.39 is 6.10 Å². The summed E-state index contributed by atoms with van der Waals surface area (Å²) in [6.45, 7) is 1.90. The van der Waals surface area contributed by atoms with E-state index in [0.29, 0.717) is 12.0 Å². The van der Waals surface area contributed by atoms with Crippen LogP contribution in [0.4, 0.5) is 4.39 Å². The van der Waals surface area contributed by atoms with Gasteiger partial charge >= 0.3 is 0 Å². The van der Waals surface area contributed by atoms with Gasteiger partial charge in [-0.3, -0.25) is 0 Å². The predicted molar refractivity (Wildman–Crippen MR) is 70.9 cm³/mol. The summed E-state index contributed by atoms with van der Waals surface area (Å²) in [6.07, 6.45) is 0.532. The van der Waals surface area contributed by atoms with Crippen molar-refractivity contribution in [2.24, 2.45) is 0 Å².